The third-order valence-corrected chi connectivity index (χ3v) is 5.36. The molecule has 1 unspecified atom stereocenters. The smallest absolute Gasteiger partial charge is 0.304 e. The Morgan fingerprint density at radius 1 is 1.06 bits per heavy atom. The minimum absolute atomic E-state index is 0.0254. The molecule has 160 valence electrons. The van der Waals surface area contributed by atoms with E-state index >= 15 is 0 Å². The van der Waals surface area contributed by atoms with Crippen LogP contribution in [0.3, 0.4) is 0 Å². The first-order chi connectivity index (χ1) is 15.6. The van der Waals surface area contributed by atoms with Gasteiger partial charge in [0, 0.05) is 11.8 Å². The number of hydrogen-bond acceptors (Lipinski definition) is 3. The van der Waals surface area contributed by atoms with Gasteiger partial charge in [0.05, 0.1) is 24.1 Å². The van der Waals surface area contributed by atoms with E-state index in [0.717, 1.165) is 34.2 Å². The van der Waals surface area contributed by atoms with Crippen molar-refractivity contribution in [2.24, 2.45) is 0 Å². The molecule has 4 aromatic rings. The van der Waals surface area contributed by atoms with Crippen molar-refractivity contribution < 1.29 is 14.6 Å². The van der Waals surface area contributed by atoms with Crippen LogP contribution in [0.15, 0.2) is 79.0 Å². The summed E-state index contributed by atoms with van der Waals surface area (Å²) in [5, 5.41) is 17.3. The number of carboxylic acid groups (broad SMARTS) is 1. The fourth-order valence-electron chi connectivity index (χ4n) is 3.76. The number of carboxylic acids is 1. The van der Waals surface area contributed by atoms with E-state index in [4.69, 9.17) is 4.74 Å². The Kier molecular flexibility index (Phi) is 6.52. The molecule has 5 heteroatoms. The molecule has 1 heterocycles. The number of rotatable bonds is 8. The number of aromatic nitrogens is 2. The molecule has 2 N–H and O–H groups in total. The maximum Gasteiger partial charge on any atom is 0.304 e. The van der Waals surface area contributed by atoms with E-state index in [1.54, 1.807) is 6.92 Å². The SMILES string of the molecule is CC#CC(CC(=O)O)c1ccc(O[C@@H](Cc2ccccc2)c2ccc3[nH]ncc3c2)cc1. The molecular formula is C27H24N2O3. The Labute approximate surface area is 187 Å². The minimum atomic E-state index is -0.865. The molecule has 0 spiro atoms. The van der Waals surface area contributed by atoms with Crippen molar-refractivity contribution in [1.82, 2.24) is 10.2 Å². The summed E-state index contributed by atoms with van der Waals surface area (Å²) in [5.41, 5.74) is 4.10. The highest BCUT2D eigenvalue weighted by molar-refractivity contribution is 5.78. The third kappa shape index (κ3) is 5.16. The summed E-state index contributed by atoms with van der Waals surface area (Å²) in [5.74, 6) is 5.33. The number of nitrogens with zero attached hydrogens (tertiary/aromatic N) is 1. The second-order valence-corrected chi connectivity index (χ2v) is 7.63. The van der Waals surface area contributed by atoms with Gasteiger partial charge >= 0.3 is 5.97 Å². The highest BCUT2D eigenvalue weighted by atomic mass is 16.5. The lowest BCUT2D eigenvalue weighted by Gasteiger charge is -2.21. The van der Waals surface area contributed by atoms with Crippen molar-refractivity contribution in [2.75, 3.05) is 0 Å². The topological polar surface area (TPSA) is 75.2 Å². The number of H-pyrrole nitrogens is 1. The average Bonchev–Trinajstić information content (AvgIpc) is 3.27. The summed E-state index contributed by atoms with van der Waals surface area (Å²) in [6.45, 7) is 1.72. The molecule has 2 atom stereocenters. The van der Waals surface area contributed by atoms with E-state index in [2.05, 4.69) is 46.3 Å². The van der Waals surface area contributed by atoms with Crippen molar-refractivity contribution in [3.05, 3.63) is 95.7 Å². The lowest BCUT2D eigenvalue weighted by molar-refractivity contribution is -0.137. The molecule has 32 heavy (non-hydrogen) atoms. The molecular weight excluding hydrogens is 400 g/mol. The largest absolute Gasteiger partial charge is 0.485 e. The Balaban J connectivity index is 1.60. The van der Waals surface area contributed by atoms with Gasteiger partial charge in [-0.25, -0.2) is 0 Å². The molecule has 0 aliphatic rings. The van der Waals surface area contributed by atoms with Crippen molar-refractivity contribution in [3.63, 3.8) is 0 Å². The van der Waals surface area contributed by atoms with Crippen LogP contribution in [0.2, 0.25) is 0 Å². The number of aliphatic carboxylic acids is 1. The van der Waals surface area contributed by atoms with Gasteiger partial charge in [-0.1, -0.05) is 54.5 Å². The van der Waals surface area contributed by atoms with Gasteiger partial charge in [-0.05, 0) is 47.9 Å². The highest BCUT2D eigenvalue weighted by Gasteiger charge is 2.17. The number of aromatic amines is 1. The van der Waals surface area contributed by atoms with Crippen molar-refractivity contribution in [2.45, 2.75) is 31.8 Å². The van der Waals surface area contributed by atoms with E-state index in [1.807, 2.05) is 54.7 Å². The number of benzene rings is 3. The van der Waals surface area contributed by atoms with Gasteiger partial charge in [0.15, 0.2) is 0 Å². The van der Waals surface area contributed by atoms with Crippen molar-refractivity contribution in [3.8, 4) is 17.6 Å². The molecule has 4 rings (SSSR count). The Morgan fingerprint density at radius 3 is 2.53 bits per heavy atom. The first-order valence-electron chi connectivity index (χ1n) is 10.5. The van der Waals surface area contributed by atoms with E-state index in [9.17, 15) is 9.90 Å². The third-order valence-electron chi connectivity index (χ3n) is 5.36. The van der Waals surface area contributed by atoms with Gasteiger partial charge < -0.3 is 9.84 Å². The van der Waals surface area contributed by atoms with Crippen LogP contribution in [-0.2, 0) is 11.2 Å². The first kappa shape index (κ1) is 21.2. The zero-order valence-corrected chi connectivity index (χ0v) is 17.8. The maximum atomic E-state index is 11.2. The van der Waals surface area contributed by atoms with Gasteiger partial charge in [0.25, 0.3) is 0 Å². The summed E-state index contributed by atoms with van der Waals surface area (Å²) in [4.78, 5) is 11.2. The molecule has 5 nitrogen and oxygen atoms in total. The van der Waals surface area contributed by atoms with Crippen LogP contribution in [0.5, 0.6) is 5.75 Å². The monoisotopic (exact) mass is 424 g/mol. The zero-order valence-electron chi connectivity index (χ0n) is 17.8. The molecule has 0 amide bonds. The highest BCUT2D eigenvalue weighted by Crippen LogP contribution is 2.29. The second-order valence-electron chi connectivity index (χ2n) is 7.63. The number of carbonyl (C=O) groups is 1. The molecule has 0 bridgehead atoms. The first-order valence-corrected chi connectivity index (χ1v) is 10.5. The number of hydrogen-bond donors (Lipinski definition) is 2. The lowest BCUT2D eigenvalue weighted by atomic mass is 9.96. The molecule has 0 aliphatic heterocycles. The fraction of sp³-hybridized carbons (Fsp3) is 0.185. The number of ether oxygens (including phenoxy) is 1. The Bertz CT molecular complexity index is 1250. The minimum Gasteiger partial charge on any atom is -0.485 e. The molecule has 0 saturated heterocycles. The van der Waals surface area contributed by atoms with E-state index in [1.165, 1.54) is 5.56 Å². The van der Waals surface area contributed by atoms with Crippen LogP contribution >= 0.6 is 0 Å². The number of fused-ring (bicyclic) bond motifs is 1. The summed E-state index contributed by atoms with van der Waals surface area (Å²) >= 11 is 0. The van der Waals surface area contributed by atoms with Gasteiger partial charge in [-0.2, -0.15) is 5.10 Å². The fourth-order valence-corrected chi connectivity index (χ4v) is 3.76. The lowest BCUT2D eigenvalue weighted by Crippen LogP contribution is -2.11. The number of nitrogens with one attached hydrogen (secondary N) is 1. The van der Waals surface area contributed by atoms with Crippen molar-refractivity contribution >= 4 is 16.9 Å². The predicted molar refractivity (Wildman–Crippen MR) is 124 cm³/mol. The zero-order chi connectivity index (χ0) is 22.3. The molecule has 0 aliphatic carbocycles. The van der Waals surface area contributed by atoms with Crippen LogP contribution in [0.4, 0.5) is 0 Å². The molecule has 0 radical (unpaired) electrons. The van der Waals surface area contributed by atoms with E-state index < -0.39 is 5.97 Å². The van der Waals surface area contributed by atoms with E-state index in [0.29, 0.717) is 0 Å². The predicted octanol–water partition coefficient (Wildman–Crippen LogP) is 5.51. The molecule has 1 aromatic heterocycles. The summed E-state index contributed by atoms with van der Waals surface area (Å²) < 4.78 is 6.42. The van der Waals surface area contributed by atoms with Gasteiger partial charge in [0.1, 0.15) is 11.9 Å². The summed E-state index contributed by atoms with van der Waals surface area (Å²) in [6, 6.07) is 24.0. The second kappa shape index (κ2) is 9.84. The molecule has 0 saturated carbocycles. The van der Waals surface area contributed by atoms with Gasteiger partial charge in [-0.15, -0.1) is 5.92 Å². The van der Waals surface area contributed by atoms with E-state index in [-0.39, 0.29) is 18.4 Å². The molecule has 0 fully saturated rings. The normalized spacial score (nSPS) is 12.5. The standard InChI is InChI=1S/C27H24N2O3/c1-2-6-21(17-27(30)31)20-9-12-24(13-10-20)32-26(15-19-7-4-3-5-8-19)22-11-14-25-23(16-22)18-28-29-25/h3-5,7-14,16,18,21,26H,15,17H2,1H3,(H,28,29)(H,30,31)/t21?,26-/m0/s1. The van der Waals surface area contributed by atoms with Crippen LogP contribution in [0.1, 0.15) is 42.1 Å². The van der Waals surface area contributed by atoms with Gasteiger partial charge in [0.2, 0.25) is 0 Å². The van der Waals surface area contributed by atoms with Gasteiger partial charge in [-0.3, -0.25) is 9.89 Å². The summed E-state index contributed by atoms with van der Waals surface area (Å²) in [6.07, 6.45) is 2.31. The molecule has 3 aromatic carbocycles. The summed E-state index contributed by atoms with van der Waals surface area (Å²) in [7, 11) is 0. The average molecular weight is 425 g/mol. The van der Waals surface area contributed by atoms with Crippen LogP contribution in [0, 0.1) is 11.8 Å². The Morgan fingerprint density at radius 2 is 1.81 bits per heavy atom. The van der Waals surface area contributed by atoms with Crippen LogP contribution in [-0.4, -0.2) is 21.3 Å². The maximum absolute atomic E-state index is 11.2. The van der Waals surface area contributed by atoms with Crippen molar-refractivity contribution in [1.29, 1.82) is 0 Å². The Hall–Kier alpha value is -4.04. The van der Waals surface area contributed by atoms with Crippen LogP contribution < -0.4 is 4.74 Å². The quantitative estimate of drug-likeness (QED) is 0.366. The van der Waals surface area contributed by atoms with Crippen LogP contribution in [0.25, 0.3) is 10.9 Å².